The van der Waals surface area contributed by atoms with Gasteiger partial charge in [-0.3, -0.25) is 4.90 Å². The molecule has 0 aromatic heterocycles. The zero-order valence-corrected chi connectivity index (χ0v) is 10.3. The van der Waals surface area contributed by atoms with Gasteiger partial charge in [0.25, 0.3) is 0 Å². The van der Waals surface area contributed by atoms with Gasteiger partial charge in [0.05, 0.1) is 0 Å². The molecule has 1 saturated heterocycles. The lowest BCUT2D eigenvalue weighted by Gasteiger charge is -2.31. The van der Waals surface area contributed by atoms with E-state index >= 15 is 0 Å². The molecule has 1 fully saturated rings. The molecule has 0 amide bonds. The Balaban J connectivity index is 2.26. The maximum Gasteiger partial charge on any atom is 0.0391 e. The van der Waals surface area contributed by atoms with E-state index in [4.69, 9.17) is 5.73 Å². The van der Waals surface area contributed by atoms with Crippen molar-refractivity contribution >= 4 is 0 Å². The number of likely N-dealkylation sites (tertiary alicyclic amines) is 1. The molecule has 0 radical (unpaired) electrons. The minimum Gasteiger partial charge on any atom is -0.330 e. The molecule has 0 spiro atoms. The van der Waals surface area contributed by atoms with Crippen LogP contribution in [0, 0.1) is 5.92 Å². The van der Waals surface area contributed by atoms with E-state index in [0.717, 1.165) is 6.54 Å². The molecule has 0 bridgehead atoms. The fourth-order valence-electron chi connectivity index (χ4n) is 2.82. The van der Waals surface area contributed by atoms with Crippen molar-refractivity contribution in [2.24, 2.45) is 11.7 Å². The van der Waals surface area contributed by atoms with Gasteiger partial charge in [-0.2, -0.15) is 0 Å². The first-order chi connectivity index (χ1) is 7.74. The fourth-order valence-corrected chi connectivity index (χ4v) is 2.82. The van der Waals surface area contributed by atoms with Crippen LogP contribution in [0.4, 0.5) is 0 Å². The molecule has 0 aliphatic carbocycles. The molecule has 2 N–H and O–H groups in total. The molecule has 88 valence electrons. The molecule has 1 heterocycles. The van der Waals surface area contributed by atoms with Crippen molar-refractivity contribution in [1.29, 1.82) is 0 Å². The number of nitrogens with zero attached hydrogens (tertiary/aromatic N) is 1. The first kappa shape index (κ1) is 11.6. The van der Waals surface area contributed by atoms with Crippen LogP contribution < -0.4 is 5.73 Å². The average molecular weight is 218 g/mol. The Morgan fingerprint density at radius 1 is 1.31 bits per heavy atom. The predicted molar refractivity (Wildman–Crippen MR) is 68.2 cm³/mol. The molecule has 1 aromatic rings. The normalized spacial score (nSPS) is 26.5. The third kappa shape index (κ3) is 2.13. The van der Waals surface area contributed by atoms with Gasteiger partial charge >= 0.3 is 0 Å². The second-order valence-electron chi connectivity index (χ2n) is 4.97. The van der Waals surface area contributed by atoms with Crippen molar-refractivity contribution in [2.75, 3.05) is 13.1 Å². The van der Waals surface area contributed by atoms with Crippen LogP contribution in [0.3, 0.4) is 0 Å². The molecule has 2 unspecified atom stereocenters. The third-order valence-corrected chi connectivity index (χ3v) is 3.67. The number of nitrogens with two attached hydrogens (primary N) is 1. The first-order valence-electron chi connectivity index (χ1n) is 6.24. The van der Waals surface area contributed by atoms with Crippen LogP contribution in [0.15, 0.2) is 30.3 Å². The highest BCUT2D eigenvalue weighted by Crippen LogP contribution is 2.37. The first-order valence-corrected chi connectivity index (χ1v) is 6.24. The largest absolute Gasteiger partial charge is 0.330 e. The Labute approximate surface area is 98.4 Å². The summed E-state index contributed by atoms with van der Waals surface area (Å²) in [5.74, 6) is 0.616. The lowest BCUT2D eigenvalue weighted by atomic mass is 9.93. The smallest absolute Gasteiger partial charge is 0.0391 e. The van der Waals surface area contributed by atoms with Gasteiger partial charge in [-0.25, -0.2) is 0 Å². The van der Waals surface area contributed by atoms with Gasteiger partial charge in [-0.15, -0.1) is 0 Å². The number of benzene rings is 1. The summed E-state index contributed by atoms with van der Waals surface area (Å²) in [6.45, 7) is 6.52. The fraction of sp³-hybridized carbons (Fsp3) is 0.571. The Morgan fingerprint density at radius 3 is 2.56 bits per heavy atom. The molecule has 1 aliphatic heterocycles. The van der Waals surface area contributed by atoms with E-state index in [1.807, 2.05) is 0 Å². The van der Waals surface area contributed by atoms with Gasteiger partial charge in [-0.1, -0.05) is 30.3 Å². The summed E-state index contributed by atoms with van der Waals surface area (Å²) in [5, 5.41) is 0. The van der Waals surface area contributed by atoms with Gasteiger partial charge in [0.1, 0.15) is 0 Å². The van der Waals surface area contributed by atoms with E-state index in [1.165, 1.54) is 18.5 Å². The standard InChI is InChI=1S/C14H22N2/c1-11(2)16-9-8-13(10-15)14(16)12-6-4-3-5-7-12/h3-7,11,13-14H,8-10,15H2,1-2H3. The van der Waals surface area contributed by atoms with Crippen LogP contribution >= 0.6 is 0 Å². The second-order valence-corrected chi connectivity index (χ2v) is 4.97. The Bertz CT molecular complexity index is 321. The zero-order valence-electron chi connectivity index (χ0n) is 10.3. The van der Waals surface area contributed by atoms with Crippen LogP contribution in [-0.4, -0.2) is 24.0 Å². The van der Waals surface area contributed by atoms with E-state index in [9.17, 15) is 0 Å². The van der Waals surface area contributed by atoms with E-state index in [0.29, 0.717) is 18.0 Å². The van der Waals surface area contributed by atoms with Gasteiger partial charge in [0, 0.05) is 12.1 Å². The molecule has 0 saturated carbocycles. The van der Waals surface area contributed by atoms with Crippen LogP contribution in [0.2, 0.25) is 0 Å². The molecule has 2 heteroatoms. The lowest BCUT2D eigenvalue weighted by Crippen LogP contribution is -2.33. The average Bonchev–Trinajstić information content (AvgIpc) is 2.73. The Hall–Kier alpha value is -0.860. The summed E-state index contributed by atoms with van der Waals surface area (Å²) in [6, 6.07) is 11.9. The molecular formula is C14H22N2. The third-order valence-electron chi connectivity index (χ3n) is 3.67. The topological polar surface area (TPSA) is 29.3 Å². The zero-order chi connectivity index (χ0) is 11.5. The molecule has 2 atom stereocenters. The van der Waals surface area contributed by atoms with Crippen LogP contribution in [0.5, 0.6) is 0 Å². The second kappa shape index (κ2) is 4.98. The highest BCUT2D eigenvalue weighted by atomic mass is 15.2. The summed E-state index contributed by atoms with van der Waals surface area (Å²) in [7, 11) is 0. The van der Waals surface area contributed by atoms with Gasteiger partial charge in [-0.05, 0) is 44.8 Å². The number of hydrogen-bond acceptors (Lipinski definition) is 2. The van der Waals surface area contributed by atoms with Gasteiger partial charge < -0.3 is 5.73 Å². The molecule has 2 nitrogen and oxygen atoms in total. The van der Waals surface area contributed by atoms with Gasteiger partial charge in [0.15, 0.2) is 0 Å². The molecule has 16 heavy (non-hydrogen) atoms. The summed E-state index contributed by atoms with van der Waals surface area (Å²) < 4.78 is 0. The summed E-state index contributed by atoms with van der Waals surface area (Å²) in [6.07, 6.45) is 1.23. The van der Waals surface area contributed by atoms with Crippen molar-refractivity contribution in [1.82, 2.24) is 4.90 Å². The molecule has 1 aromatic carbocycles. The van der Waals surface area contributed by atoms with Gasteiger partial charge in [0.2, 0.25) is 0 Å². The molecule has 1 aliphatic rings. The van der Waals surface area contributed by atoms with Crippen LogP contribution in [0.25, 0.3) is 0 Å². The Morgan fingerprint density at radius 2 is 2.00 bits per heavy atom. The molecule has 2 rings (SSSR count). The van der Waals surface area contributed by atoms with Crippen molar-refractivity contribution in [2.45, 2.75) is 32.4 Å². The quantitative estimate of drug-likeness (QED) is 0.844. The highest BCUT2D eigenvalue weighted by molar-refractivity contribution is 5.21. The summed E-state index contributed by atoms with van der Waals surface area (Å²) in [5.41, 5.74) is 7.32. The van der Waals surface area contributed by atoms with Crippen LogP contribution in [-0.2, 0) is 0 Å². The Kier molecular flexibility index (Phi) is 3.62. The van der Waals surface area contributed by atoms with Crippen molar-refractivity contribution in [3.63, 3.8) is 0 Å². The maximum absolute atomic E-state index is 5.90. The highest BCUT2D eigenvalue weighted by Gasteiger charge is 2.35. The number of rotatable bonds is 3. The van der Waals surface area contributed by atoms with Crippen molar-refractivity contribution < 1.29 is 0 Å². The minimum absolute atomic E-state index is 0.520. The van der Waals surface area contributed by atoms with Crippen molar-refractivity contribution in [3.8, 4) is 0 Å². The minimum atomic E-state index is 0.520. The summed E-state index contributed by atoms with van der Waals surface area (Å²) in [4.78, 5) is 2.58. The SMILES string of the molecule is CC(C)N1CCC(CN)C1c1ccccc1. The monoisotopic (exact) mass is 218 g/mol. The van der Waals surface area contributed by atoms with E-state index < -0.39 is 0 Å². The predicted octanol–water partition coefficient (Wildman–Crippen LogP) is 2.42. The van der Waals surface area contributed by atoms with E-state index in [2.05, 4.69) is 49.1 Å². The van der Waals surface area contributed by atoms with E-state index in [1.54, 1.807) is 0 Å². The van der Waals surface area contributed by atoms with E-state index in [-0.39, 0.29) is 0 Å². The number of hydrogen-bond donors (Lipinski definition) is 1. The van der Waals surface area contributed by atoms with Crippen LogP contribution in [0.1, 0.15) is 31.9 Å². The van der Waals surface area contributed by atoms with Crippen molar-refractivity contribution in [3.05, 3.63) is 35.9 Å². The maximum atomic E-state index is 5.90. The molecular weight excluding hydrogens is 196 g/mol. The summed E-state index contributed by atoms with van der Waals surface area (Å²) >= 11 is 0. The lowest BCUT2D eigenvalue weighted by molar-refractivity contribution is 0.184.